The quantitative estimate of drug-likeness (QED) is 0.578. The minimum Gasteiger partial charge on any atom is -0.306 e. The molecule has 0 amide bonds. The molecule has 0 saturated carbocycles. The van der Waals surface area contributed by atoms with Crippen LogP contribution in [0.1, 0.15) is 0 Å². The van der Waals surface area contributed by atoms with Crippen molar-refractivity contribution in [3.63, 3.8) is 0 Å². The fraction of sp³-hybridized carbons (Fsp3) is 0. The first kappa shape index (κ1) is 12.2. The summed E-state index contributed by atoms with van der Waals surface area (Å²) in [6.07, 6.45) is 0. The summed E-state index contributed by atoms with van der Waals surface area (Å²) < 4.78 is 15.2. The summed E-state index contributed by atoms with van der Waals surface area (Å²) in [6.45, 7) is 0. The Bertz CT molecular complexity index is 1040. The van der Waals surface area contributed by atoms with Gasteiger partial charge in [0, 0.05) is 4.70 Å². The Kier molecular flexibility index (Phi) is 2.62. The number of aromatic nitrogens is 2. The molecule has 0 radical (unpaired) electrons. The van der Waals surface area contributed by atoms with Crippen molar-refractivity contribution in [3.05, 3.63) is 64.0 Å². The zero-order chi connectivity index (χ0) is 14.4. The molecule has 0 saturated heterocycles. The molecule has 0 aliphatic rings. The predicted octanol–water partition coefficient (Wildman–Crippen LogP) is 3.94. The van der Waals surface area contributed by atoms with Crippen LogP contribution in [-0.2, 0) is 0 Å². The first-order valence-corrected chi connectivity index (χ1v) is 7.26. The Morgan fingerprint density at radius 3 is 2.90 bits per heavy atom. The van der Waals surface area contributed by atoms with E-state index in [9.17, 15) is 9.18 Å². The maximum atomic E-state index is 14.3. The highest BCUT2D eigenvalue weighted by Crippen LogP contribution is 2.28. The van der Waals surface area contributed by atoms with Crippen molar-refractivity contribution in [3.8, 4) is 11.4 Å². The molecule has 1 N–H and O–H groups in total. The topological polar surface area (TPSA) is 45.8 Å². The van der Waals surface area contributed by atoms with E-state index in [0.717, 1.165) is 10.1 Å². The summed E-state index contributed by atoms with van der Waals surface area (Å²) in [5.74, 6) is -0.133. The van der Waals surface area contributed by atoms with Crippen LogP contribution in [0, 0.1) is 5.82 Å². The summed E-state index contributed by atoms with van der Waals surface area (Å²) in [4.78, 5) is 19.1. The smallest absolute Gasteiger partial charge is 0.259 e. The van der Waals surface area contributed by atoms with Gasteiger partial charge in [-0.1, -0.05) is 12.1 Å². The highest BCUT2D eigenvalue weighted by Gasteiger charge is 2.12. The molecule has 0 fully saturated rings. The average Bonchev–Trinajstić information content (AvgIpc) is 2.93. The molecule has 0 bridgehead atoms. The normalized spacial score (nSPS) is 11.3. The Hall–Kier alpha value is -2.53. The Morgan fingerprint density at radius 1 is 1.14 bits per heavy atom. The molecule has 0 aliphatic carbocycles. The maximum absolute atomic E-state index is 14.3. The standard InChI is InChI=1S/C16H9FN2OS/c17-12-7-9-5-6-21-14(9)8-11(12)15-18-13-4-2-1-3-10(13)16(20)19-15/h1-8H,(H,18,19,20). The van der Waals surface area contributed by atoms with Crippen molar-refractivity contribution in [2.45, 2.75) is 0 Å². The van der Waals surface area contributed by atoms with E-state index >= 15 is 0 Å². The number of aromatic amines is 1. The summed E-state index contributed by atoms with van der Waals surface area (Å²) in [5, 5.41) is 3.26. The number of rotatable bonds is 1. The third-order valence-electron chi connectivity index (χ3n) is 3.41. The molecule has 4 aromatic rings. The monoisotopic (exact) mass is 296 g/mol. The molecule has 0 spiro atoms. The van der Waals surface area contributed by atoms with Gasteiger partial charge < -0.3 is 4.98 Å². The lowest BCUT2D eigenvalue weighted by atomic mass is 10.1. The summed E-state index contributed by atoms with van der Waals surface area (Å²) in [7, 11) is 0. The molecule has 5 heteroatoms. The lowest BCUT2D eigenvalue weighted by Gasteiger charge is -2.05. The van der Waals surface area contributed by atoms with Crippen LogP contribution in [-0.4, -0.2) is 9.97 Å². The van der Waals surface area contributed by atoms with Crippen LogP contribution in [0.3, 0.4) is 0 Å². The van der Waals surface area contributed by atoms with Gasteiger partial charge in [0.2, 0.25) is 0 Å². The minimum atomic E-state index is -0.390. The number of H-pyrrole nitrogens is 1. The second kappa shape index (κ2) is 4.49. The van der Waals surface area contributed by atoms with E-state index in [0.29, 0.717) is 16.5 Å². The number of hydrogen-bond acceptors (Lipinski definition) is 3. The van der Waals surface area contributed by atoms with Gasteiger partial charge in [0.15, 0.2) is 0 Å². The summed E-state index contributed by atoms with van der Waals surface area (Å²) >= 11 is 1.53. The van der Waals surface area contributed by atoms with Crippen LogP contribution in [0.5, 0.6) is 0 Å². The molecule has 21 heavy (non-hydrogen) atoms. The first-order valence-electron chi connectivity index (χ1n) is 6.38. The molecule has 2 heterocycles. The van der Waals surface area contributed by atoms with Gasteiger partial charge in [0.25, 0.3) is 5.56 Å². The summed E-state index contributed by atoms with van der Waals surface area (Å²) in [6, 6.07) is 12.1. The van der Waals surface area contributed by atoms with Crippen LogP contribution in [0.4, 0.5) is 4.39 Å². The fourth-order valence-corrected chi connectivity index (χ4v) is 3.19. The second-order valence-electron chi connectivity index (χ2n) is 4.72. The number of nitrogens with one attached hydrogen (secondary N) is 1. The molecular weight excluding hydrogens is 287 g/mol. The van der Waals surface area contributed by atoms with Crippen molar-refractivity contribution in [2.24, 2.45) is 0 Å². The van der Waals surface area contributed by atoms with Crippen molar-refractivity contribution in [2.75, 3.05) is 0 Å². The van der Waals surface area contributed by atoms with E-state index in [2.05, 4.69) is 9.97 Å². The number of hydrogen-bond donors (Lipinski definition) is 1. The van der Waals surface area contributed by atoms with Gasteiger partial charge >= 0.3 is 0 Å². The zero-order valence-corrected chi connectivity index (χ0v) is 11.6. The van der Waals surface area contributed by atoms with Gasteiger partial charge in [-0.3, -0.25) is 4.79 Å². The Labute approximate surface area is 122 Å². The van der Waals surface area contributed by atoms with E-state index < -0.39 is 0 Å². The Balaban J connectivity index is 2.03. The second-order valence-corrected chi connectivity index (χ2v) is 5.67. The minimum absolute atomic E-state index is 0.256. The third-order valence-corrected chi connectivity index (χ3v) is 4.29. The van der Waals surface area contributed by atoms with Gasteiger partial charge in [-0.15, -0.1) is 11.3 Å². The zero-order valence-electron chi connectivity index (χ0n) is 10.8. The van der Waals surface area contributed by atoms with Crippen LogP contribution < -0.4 is 5.56 Å². The van der Waals surface area contributed by atoms with Gasteiger partial charge in [-0.25, -0.2) is 9.37 Å². The van der Waals surface area contributed by atoms with Crippen molar-refractivity contribution < 1.29 is 4.39 Å². The average molecular weight is 296 g/mol. The highest BCUT2D eigenvalue weighted by molar-refractivity contribution is 7.17. The van der Waals surface area contributed by atoms with Crippen molar-refractivity contribution in [1.82, 2.24) is 9.97 Å². The number of benzene rings is 2. The van der Waals surface area contributed by atoms with Gasteiger partial charge in [0.1, 0.15) is 11.6 Å². The van der Waals surface area contributed by atoms with Gasteiger partial charge in [-0.2, -0.15) is 0 Å². The van der Waals surface area contributed by atoms with Crippen LogP contribution in [0.25, 0.3) is 32.4 Å². The van der Waals surface area contributed by atoms with Crippen molar-refractivity contribution >= 4 is 32.3 Å². The third kappa shape index (κ3) is 1.94. The number of para-hydroxylation sites is 1. The van der Waals surface area contributed by atoms with E-state index in [1.54, 1.807) is 30.3 Å². The molecule has 4 rings (SSSR count). The van der Waals surface area contributed by atoms with Crippen LogP contribution >= 0.6 is 11.3 Å². The van der Waals surface area contributed by atoms with Gasteiger partial charge in [-0.05, 0) is 41.1 Å². The van der Waals surface area contributed by atoms with Crippen LogP contribution in [0.15, 0.2) is 52.6 Å². The maximum Gasteiger partial charge on any atom is 0.259 e. The fourth-order valence-electron chi connectivity index (χ4n) is 2.38. The lowest BCUT2D eigenvalue weighted by molar-refractivity contribution is 0.632. The molecule has 102 valence electrons. The molecule has 0 aliphatic heterocycles. The number of fused-ring (bicyclic) bond motifs is 2. The predicted molar refractivity (Wildman–Crippen MR) is 83.1 cm³/mol. The van der Waals surface area contributed by atoms with E-state index in [-0.39, 0.29) is 17.2 Å². The number of halogens is 1. The molecular formula is C16H9FN2OS. The Morgan fingerprint density at radius 2 is 2.00 bits per heavy atom. The highest BCUT2D eigenvalue weighted by atomic mass is 32.1. The molecule has 2 aromatic carbocycles. The molecule has 0 unspecified atom stereocenters. The largest absolute Gasteiger partial charge is 0.306 e. The molecule has 3 nitrogen and oxygen atoms in total. The van der Waals surface area contributed by atoms with Crippen molar-refractivity contribution in [1.29, 1.82) is 0 Å². The first-order chi connectivity index (χ1) is 10.2. The number of thiophene rings is 1. The van der Waals surface area contributed by atoms with E-state index in [1.807, 2.05) is 11.4 Å². The lowest BCUT2D eigenvalue weighted by Crippen LogP contribution is -2.09. The molecule has 2 aromatic heterocycles. The van der Waals surface area contributed by atoms with Crippen LogP contribution in [0.2, 0.25) is 0 Å². The SMILES string of the molecule is O=c1[nH]c(-c2cc3sccc3cc2F)nc2ccccc12. The molecule has 0 atom stereocenters. The van der Waals surface area contributed by atoms with Gasteiger partial charge in [0.05, 0.1) is 16.5 Å². The number of nitrogens with zero attached hydrogens (tertiary/aromatic N) is 1. The van der Waals surface area contributed by atoms with E-state index in [1.165, 1.54) is 17.4 Å². The van der Waals surface area contributed by atoms with E-state index in [4.69, 9.17) is 0 Å². The summed E-state index contributed by atoms with van der Waals surface area (Å²) in [5.41, 5.74) is 0.607.